The number of fused-ring (bicyclic) bond motifs is 1. The molecule has 1 aliphatic carbocycles. The normalized spacial score (nSPS) is 15.4. The van der Waals surface area contributed by atoms with Crippen molar-refractivity contribution in [3.8, 4) is 12.0 Å². The van der Waals surface area contributed by atoms with Gasteiger partial charge in [-0.2, -0.15) is 0 Å². The van der Waals surface area contributed by atoms with E-state index < -0.39 is 22.9 Å². The van der Waals surface area contributed by atoms with Gasteiger partial charge in [0.2, 0.25) is 0 Å². The van der Waals surface area contributed by atoms with E-state index >= 15 is 0 Å². The van der Waals surface area contributed by atoms with Crippen molar-refractivity contribution in [2.24, 2.45) is 7.05 Å². The molecule has 10 heteroatoms. The van der Waals surface area contributed by atoms with Crippen LogP contribution in [-0.2, 0) is 24.9 Å². The molecule has 4 rings (SSSR count). The lowest BCUT2D eigenvalue weighted by atomic mass is 9.96. The zero-order chi connectivity index (χ0) is 22.8. The summed E-state index contributed by atoms with van der Waals surface area (Å²) < 4.78 is 34.9. The Kier molecular flexibility index (Phi) is 6.30. The highest BCUT2D eigenvalue weighted by molar-refractivity contribution is 5.74. The van der Waals surface area contributed by atoms with Crippen LogP contribution in [0, 0.1) is 23.6 Å². The number of rotatable bonds is 6. The second kappa shape index (κ2) is 9.14. The van der Waals surface area contributed by atoms with Gasteiger partial charge in [-0.05, 0) is 37.0 Å². The van der Waals surface area contributed by atoms with E-state index in [1.807, 2.05) is 0 Å². The van der Waals surface area contributed by atoms with Crippen LogP contribution < -0.4 is 21.0 Å². The molecule has 1 aliphatic heterocycles. The standard InChI is InChI=1S/C22H24F2N4O4/c1-25-20-19(21(30)28(9-10-29)22(25)31)27(13-15-6-7-17(23)18(24)12-15)14-26(20)8-3-11-32-16-4-2-5-16/h6-7,12,16,29H,2,4-5,9-11,13-14H2,1H3. The van der Waals surface area contributed by atoms with Gasteiger partial charge in [-0.3, -0.25) is 18.8 Å². The average molecular weight is 446 g/mol. The van der Waals surface area contributed by atoms with Crippen LogP contribution in [0.5, 0.6) is 0 Å². The molecule has 0 radical (unpaired) electrons. The Morgan fingerprint density at radius 2 is 2.00 bits per heavy atom. The first-order valence-corrected chi connectivity index (χ1v) is 10.4. The van der Waals surface area contributed by atoms with Gasteiger partial charge in [0.05, 0.1) is 19.3 Å². The van der Waals surface area contributed by atoms with E-state index in [1.165, 1.54) is 17.7 Å². The number of aromatic nitrogens is 2. The fourth-order valence-electron chi connectivity index (χ4n) is 3.83. The van der Waals surface area contributed by atoms with Gasteiger partial charge < -0.3 is 14.7 Å². The highest BCUT2D eigenvalue weighted by Crippen LogP contribution is 2.32. The van der Waals surface area contributed by atoms with E-state index in [1.54, 1.807) is 9.80 Å². The third kappa shape index (κ3) is 4.13. The van der Waals surface area contributed by atoms with Crippen molar-refractivity contribution >= 4 is 11.5 Å². The highest BCUT2D eigenvalue weighted by atomic mass is 19.2. The summed E-state index contributed by atoms with van der Waals surface area (Å²) in [4.78, 5) is 29.0. The molecule has 32 heavy (non-hydrogen) atoms. The predicted octanol–water partition coefficient (Wildman–Crippen LogP) is 1.13. The van der Waals surface area contributed by atoms with Crippen LogP contribution in [0.2, 0.25) is 0 Å². The van der Waals surface area contributed by atoms with Crippen LogP contribution in [0.3, 0.4) is 0 Å². The second-order valence-electron chi connectivity index (χ2n) is 7.86. The average Bonchev–Trinajstić information content (AvgIpc) is 3.09. The van der Waals surface area contributed by atoms with Gasteiger partial charge in [0.25, 0.3) is 5.56 Å². The van der Waals surface area contributed by atoms with E-state index in [2.05, 4.69) is 12.0 Å². The minimum atomic E-state index is -0.982. The van der Waals surface area contributed by atoms with Crippen molar-refractivity contribution in [3.63, 3.8) is 0 Å². The fourth-order valence-corrected chi connectivity index (χ4v) is 3.83. The Hall–Kier alpha value is -3.16. The van der Waals surface area contributed by atoms with Gasteiger partial charge in [-0.15, -0.1) is 0 Å². The summed E-state index contributed by atoms with van der Waals surface area (Å²) in [7, 11) is 1.52. The van der Waals surface area contributed by atoms with Crippen LogP contribution in [0.1, 0.15) is 24.8 Å². The summed E-state index contributed by atoms with van der Waals surface area (Å²) in [5, 5.41) is 9.29. The number of nitrogens with zero attached hydrogens (tertiary/aromatic N) is 4. The molecule has 8 nitrogen and oxygen atoms in total. The quantitative estimate of drug-likeness (QED) is 0.671. The third-order valence-corrected chi connectivity index (χ3v) is 5.72. The molecule has 1 aromatic heterocycles. The number of hydrogen-bond acceptors (Lipinski definition) is 6. The van der Waals surface area contributed by atoms with Crippen molar-refractivity contribution < 1.29 is 18.6 Å². The minimum Gasteiger partial charge on any atom is -0.395 e. The molecule has 0 saturated heterocycles. The number of halogens is 2. The van der Waals surface area contributed by atoms with Gasteiger partial charge in [0.15, 0.2) is 17.5 Å². The topological polar surface area (TPSA) is 79.9 Å². The Morgan fingerprint density at radius 1 is 1.22 bits per heavy atom. The van der Waals surface area contributed by atoms with Gasteiger partial charge in [0, 0.05) is 19.6 Å². The fraction of sp³-hybridized carbons (Fsp3) is 0.455. The summed E-state index contributed by atoms with van der Waals surface area (Å²) in [5.74, 6) is 1.30. The molecule has 1 aromatic carbocycles. The number of aliphatic hydroxyl groups excluding tert-OH is 1. The summed E-state index contributed by atoms with van der Waals surface area (Å²) in [6.07, 6.45) is 3.43. The third-order valence-electron chi connectivity index (χ3n) is 5.72. The molecule has 0 amide bonds. The van der Waals surface area contributed by atoms with Gasteiger partial charge >= 0.3 is 5.69 Å². The number of anilines is 2. The number of ether oxygens (including phenoxy) is 1. The van der Waals surface area contributed by atoms with E-state index in [9.17, 15) is 23.5 Å². The SMILES string of the molecule is Cn1c2c(c(=O)n(CCO)c1=O)N(Cc1ccc(F)c(F)c1)CN2C#CCOC1CCC1. The summed E-state index contributed by atoms with van der Waals surface area (Å²) in [6, 6.07) is 6.49. The molecule has 0 atom stereocenters. The second-order valence-corrected chi connectivity index (χ2v) is 7.86. The molecular formula is C22H24F2N4O4. The van der Waals surface area contributed by atoms with Crippen molar-refractivity contribution in [2.45, 2.75) is 38.5 Å². The molecule has 170 valence electrons. The van der Waals surface area contributed by atoms with Crippen LogP contribution in [0.15, 0.2) is 27.8 Å². The molecule has 0 bridgehead atoms. The van der Waals surface area contributed by atoms with E-state index in [0.717, 1.165) is 36.0 Å². The number of benzene rings is 1. The zero-order valence-electron chi connectivity index (χ0n) is 17.7. The molecule has 1 fully saturated rings. The molecule has 2 aliphatic rings. The van der Waals surface area contributed by atoms with E-state index in [0.29, 0.717) is 11.4 Å². The van der Waals surface area contributed by atoms with Gasteiger partial charge in [-0.25, -0.2) is 13.6 Å². The Morgan fingerprint density at radius 3 is 2.66 bits per heavy atom. The summed E-state index contributed by atoms with van der Waals surface area (Å²) in [5.41, 5.74) is -0.482. The first kappa shape index (κ1) is 22.0. The van der Waals surface area contributed by atoms with Crippen molar-refractivity contribution in [1.82, 2.24) is 9.13 Å². The van der Waals surface area contributed by atoms with Crippen LogP contribution >= 0.6 is 0 Å². The summed E-state index contributed by atoms with van der Waals surface area (Å²) in [6.45, 7) is -0.0447. The van der Waals surface area contributed by atoms with Crippen molar-refractivity contribution in [1.29, 1.82) is 0 Å². The Balaban J connectivity index is 1.70. The minimum absolute atomic E-state index is 0.105. The number of aliphatic hydroxyl groups is 1. The molecular weight excluding hydrogens is 422 g/mol. The largest absolute Gasteiger partial charge is 0.395 e. The lowest BCUT2D eigenvalue weighted by Crippen LogP contribution is -2.41. The van der Waals surface area contributed by atoms with Crippen LogP contribution in [0.4, 0.5) is 20.3 Å². The maximum Gasteiger partial charge on any atom is 0.332 e. The monoisotopic (exact) mass is 446 g/mol. The van der Waals surface area contributed by atoms with Crippen LogP contribution in [-0.4, -0.2) is 40.2 Å². The van der Waals surface area contributed by atoms with E-state index in [4.69, 9.17) is 4.74 Å². The molecule has 2 aromatic rings. The van der Waals surface area contributed by atoms with Crippen molar-refractivity contribution in [2.75, 3.05) is 29.7 Å². The smallest absolute Gasteiger partial charge is 0.332 e. The summed E-state index contributed by atoms with van der Waals surface area (Å²) >= 11 is 0. The van der Waals surface area contributed by atoms with E-state index in [-0.39, 0.29) is 44.8 Å². The predicted molar refractivity (Wildman–Crippen MR) is 114 cm³/mol. The van der Waals surface area contributed by atoms with Gasteiger partial charge in [0.1, 0.15) is 19.0 Å². The molecule has 1 saturated carbocycles. The molecule has 1 N–H and O–H groups in total. The first-order valence-electron chi connectivity index (χ1n) is 10.4. The molecule has 0 spiro atoms. The van der Waals surface area contributed by atoms with Crippen molar-refractivity contribution in [3.05, 3.63) is 56.2 Å². The lowest BCUT2D eigenvalue weighted by molar-refractivity contribution is 0.0216. The van der Waals surface area contributed by atoms with Crippen LogP contribution in [0.25, 0.3) is 0 Å². The molecule has 0 unspecified atom stereocenters. The Bertz CT molecular complexity index is 1190. The first-order chi connectivity index (χ1) is 15.4. The molecule has 2 heterocycles. The Labute approximate surface area is 183 Å². The van der Waals surface area contributed by atoms with Gasteiger partial charge in [-0.1, -0.05) is 12.0 Å². The highest BCUT2D eigenvalue weighted by Gasteiger charge is 2.33. The lowest BCUT2D eigenvalue weighted by Gasteiger charge is -2.24. The maximum atomic E-state index is 13.7. The number of hydrogen-bond donors (Lipinski definition) is 1. The zero-order valence-corrected chi connectivity index (χ0v) is 17.7. The maximum absolute atomic E-state index is 13.7.